The molecule has 0 aromatic heterocycles. The summed E-state index contributed by atoms with van der Waals surface area (Å²) < 4.78 is 0. The predicted octanol–water partition coefficient (Wildman–Crippen LogP) is 2.42. The molecule has 0 radical (unpaired) electrons. The molecule has 1 saturated heterocycles. The lowest BCUT2D eigenvalue weighted by atomic mass is 9.98. The highest BCUT2D eigenvalue weighted by Gasteiger charge is 2.21. The van der Waals surface area contributed by atoms with Gasteiger partial charge in [-0.1, -0.05) is 12.1 Å². The quantitative estimate of drug-likeness (QED) is 0.818. The third kappa shape index (κ3) is 2.59. The predicted molar refractivity (Wildman–Crippen MR) is 70.0 cm³/mol. The van der Waals surface area contributed by atoms with Crippen LogP contribution < -0.4 is 10.6 Å². The van der Waals surface area contributed by atoms with E-state index in [0.717, 1.165) is 29.8 Å². The Morgan fingerprint density at radius 2 is 2.29 bits per heavy atom. The first-order valence-electron chi connectivity index (χ1n) is 6.22. The highest BCUT2D eigenvalue weighted by atomic mass is 15.0. The molecular weight excluding hydrogens is 210 g/mol. The Balaban J connectivity index is 2.20. The van der Waals surface area contributed by atoms with Crippen LogP contribution in [0.5, 0.6) is 0 Å². The van der Waals surface area contributed by atoms with Crippen LogP contribution in [0.25, 0.3) is 0 Å². The Labute approximate surface area is 103 Å². The molecule has 0 spiro atoms. The fourth-order valence-corrected chi connectivity index (χ4v) is 2.38. The summed E-state index contributed by atoms with van der Waals surface area (Å²) in [5.41, 5.74) is 2.88. The van der Waals surface area contributed by atoms with Gasteiger partial charge in [-0.05, 0) is 44.9 Å². The Morgan fingerprint density at radius 3 is 3.00 bits per heavy atom. The minimum absolute atomic E-state index is 0.414. The number of aryl methyl sites for hydroxylation is 1. The summed E-state index contributed by atoms with van der Waals surface area (Å²) in [7, 11) is 0. The molecule has 2 N–H and O–H groups in total. The maximum atomic E-state index is 9.13. The average molecular weight is 229 g/mol. The molecule has 0 bridgehead atoms. The Hall–Kier alpha value is -1.53. The minimum atomic E-state index is 0.414. The van der Waals surface area contributed by atoms with Gasteiger partial charge < -0.3 is 10.6 Å². The summed E-state index contributed by atoms with van der Waals surface area (Å²) in [5, 5.41) is 16.1. The van der Waals surface area contributed by atoms with Crippen LogP contribution in [0.15, 0.2) is 18.2 Å². The molecule has 0 aliphatic carbocycles. The smallest absolute Gasteiger partial charge is 0.101 e. The molecule has 17 heavy (non-hydrogen) atoms. The van der Waals surface area contributed by atoms with Gasteiger partial charge in [-0.15, -0.1) is 0 Å². The average Bonchev–Trinajstić information content (AvgIpc) is 2.34. The van der Waals surface area contributed by atoms with Crippen LogP contribution in [0.2, 0.25) is 0 Å². The fourth-order valence-electron chi connectivity index (χ4n) is 2.38. The zero-order chi connectivity index (χ0) is 12.3. The molecule has 1 aromatic carbocycles. The number of para-hydroxylation sites is 1. The van der Waals surface area contributed by atoms with Crippen molar-refractivity contribution >= 4 is 5.69 Å². The number of rotatable bonds is 2. The van der Waals surface area contributed by atoms with Crippen molar-refractivity contribution in [2.24, 2.45) is 0 Å². The van der Waals surface area contributed by atoms with Crippen LogP contribution in [0, 0.1) is 18.3 Å². The zero-order valence-electron chi connectivity index (χ0n) is 10.5. The van der Waals surface area contributed by atoms with E-state index < -0.39 is 0 Å². The van der Waals surface area contributed by atoms with Gasteiger partial charge in [-0.3, -0.25) is 0 Å². The second kappa shape index (κ2) is 5.20. The van der Waals surface area contributed by atoms with E-state index in [-0.39, 0.29) is 0 Å². The summed E-state index contributed by atoms with van der Waals surface area (Å²) in [5.74, 6) is 0. The lowest BCUT2D eigenvalue weighted by Crippen LogP contribution is -2.46. The molecule has 0 amide bonds. The van der Waals surface area contributed by atoms with Crippen LogP contribution >= 0.6 is 0 Å². The van der Waals surface area contributed by atoms with Crippen molar-refractivity contribution in [1.29, 1.82) is 5.26 Å². The number of hydrogen-bond acceptors (Lipinski definition) is 3. The molecule has 1 aliphatic rings. The van der Waals surface area contributed by atoms with Crippen molar-refractivity contribution in [1.82, 2.24) is 5.32 Å². The van der Waals surface area contributed by atoms with Crippen molar-refractivity contribution in [3.63, 3.8) is 0 Å². The molecule has 2 atom stereocenters. The van der Waals surface area contributed by atoms with Crippen LogP contribution in [0.4, 0.5) is 5.69 Å². The molecule has 1 heterocycles. The largest absolute Gasteiger partial charge is 0.379 e. The maximum Gasteiger partial charge on any atom is 0.101 e. The third-order valence-electron chi connectivity index (χ3n) is 3.48. The highest BCUT2D eigenvalue weighted by molar-refractivity contribution is 5.62. The summed E-state index contributed by atoms with van der Waals surface area (Å²) in [6.45, 7) is 5.34. The van der Waals surface area contributed by atoms with E-state index in [1.54, 1.807) is 0 Å². The van der Waals surface area contributed by atoms with Gasteiger partial charge in [0.25, 0.3) is 0 Å². The molecule has 1 aliphatic heterocycles. The topological polar surface area (TPSA) is 47.9 Å². The van der Waals surface area contributed by atoms with Crippen LogP contribution in [0.1, 0.15) is 30.9 Å². The lowest BCUT2D eigenvalue weighted by Gasteiger charge is -2.32. The Morgan fingerprint density at radius 1 is 1.47 bits per heavy atom. The van der Waals surface area contributed by atoms with Crippen molar-refractivity contribution < 1.29 is 0 Å². The second-order valence-electron chi connectivity index (χ2n) is 4.75. The van der Waals surface area contributed by atoms with Gasteiger partial charge in [-0.25, -0.2) is 0 Å². The first kappa shape index (κ1) is 11.9. The van der Waals surface area contributed by atoms with Crippen LogP contribution in [0.3, 0.4) is 0 Å². The zero-order valence-corrected chi connectivity index (χ0v) is 10.5. The van der Waals surface area contributed by atoms with Gasteiger partial charge in [0.2, 0.25) is 0 Å². The number of nitrogens with one attached hydrogen (secondary N) is 2. The number of nitriles is 1. The van der Waals surface area contributed by atoms with E-state index in [0.29, 0.717) is 12.1 Å². The monoisotopic (exact) mass is 229 g/mol. The summed E-state index contributed by atoms with van der Waals surface area (Å²) in [6.07, 6.45) is 2.35. The Bertz CT molecular complexity index is 434. The van der Waals surface area contributed by atoms with Crippen molar-refractivity contribution in [2.75, 3.05) is 11.9 Å². The highest BCUT2D eigenvalue weighted by Crippen LogP contribution is 2.23. The Kier molecular flexibility index (Phi) is 3.65. The van der Waals surface area contributed by atoms with E-state index in [1.165, 1.54) is 6.42 Å². The number of hydrogen-bond donors (Lipinski definition) is 2. The molecule has 1 aromatic rings. The molecule has 3 nitrogen and oxygen atoms in total. The van der Waals surface area contributed by atoms with Crippen LogP contribution in [-0.4, -0.2) is 18.6 Å². The number of nitrogens with zero attached hydrogens (tertiary/aromatic N) is 1. The number of piperidine rings is 1. The second-order valence-corrected chi connectivity index (χ2v) is 4.75. The first-order chi connectivity index (χ1) is 8.22. The summed E-state index contributed by atoms with van der Waals surface area (Å²) in [4.78, 5) is 0. The molecule has 1 fully saturated rings. The molecule has 2 rings (SSSR count). The normalized spacial score (nSPS) is 24.1. The molecule has 0 saturated carbocycles. The SMILES string of the molecule is Cc1cccc(C#N)c1NC1CCCNC1C. The van der Waals surface area contributed by atoms with Crippen molar-refractivity contribution in [3.8, 4) is 6.07 Å². The van der Waals surface area contributed by atoms with Gasteiger partial charge in [0.1, 0.15) is 6.07 Å². The van der Waals surface area contributed by atoms with Gasteiger partial charge in [0.05, 0.1) is 11.3 Å². The molecule has 2 unspecified atom stereocenters. The molecule has 90 valence electrons. The standard InChI is InChI=1S/C14H19N3/c1-10-5-3-6-12(9-15)14(10)17-13-7-4-8-16-11(13)2/h3,5-6,11,13,16-17H,4,7-8H2,1-2H3. The van der Waals surface area contributed by atoms with Crippen LogP contribution in [-0.2, 0) is 0 Å². The van der Waals surface area contributed by atoms with E-state index in [9.17, 15) is 0 Å². The van der Waals surface area contributed by atoms with Gasteiger partial charge in [0, 0.05) is 12.1 Å². The summed E-state index contributed by atoms with van der Waals surface area (Å²) in [6, 6.07) is 8.97. The number of benzene rings is 1. The van der Waals surface area contributed by atoms with E-state index >= 15 is 0 Å². The van der Waals surface area contributed by atoms with Crippen molar-refractivity contribution in [2.45, 2.75) is 38.8 Å². The third-order valence-corrected chi connectivity index (χ3v) is 3.48. The first-order valence-corrected chi connectivity index (χ1v) is 6.22. The molecular formula is C14H19N3. The maximum absolute atomic E-state index is 9.13. The number of anilines is 1. The van der Waals surface area contributed by atoms with E-state index in [1.807, 2.05) is 25.1 Å². The molecule has 3 heteroatoms. The fraction of sp³-hybridized carbons (Fsp3) is 0.500. The van der Waals surface area contributed by atoms with Gasteiger partial charge in [0.15, 0.2) is 0 Å². The summed E-state index contributed by atoms with van der Waals surface area (Å²) >= 11 is 0. The van der Waals surface area contributed by atoms with E-state index in [2.05, 4.69) is 23.6 Å². The van der Waals surface area contributed by atoms with Crippen molar-refractivity contribution in [3.05, 3.63) is 29.3 Å². The van der Waals surface area contributed by atoms with E-state index in [4.69, 9.17) is 5.26 Å². The lowest BCUT2D eigenvalue weighted by molar-refractivity contribution is 0.389. The van der Waals surface area contributed by atoms with Gasteiger partial charge in [-0.2, -0.15) is 5.26 Å². The minimum Gasteiger partial charge on any atom is -0.379 e. The van der Waals surface area contributed by atoms with Gasteiger partial charge >= 0.3 is 0 Å².